The zero-order valence-electron chi connectivity index (χ0n) is 29.2. The third-order valence-corrected chi connectivity index (χ3v) is 8.98. The van der Waals surface area contributed by atoms with Crippen LogP contribution < -0.4 is 0 Å². The molecule has 0 spiro atoms. The third-order valence-electron chi connectivity index (χ3n) is 8.98. The van der Waals surface area contributed by atoms with Crippen molar-refractivity contribution in [2.75, 3.05) is 26.4 Å². The van der Waals surface area contributed by atoms with Crippen LogP contribution in [0.25, 0.3) is 0 Å². The summed E-state index contributed by atoms with van der Waals surface area (Å²) < 4.78 is 30.3. The standard InChI is InChI=1S/C18H30O6.C16H26O6/c1-5-17(3,4)16(21)23-12-14(19)22-13-15(20)24-18(6-2)10-8-7-9-11-18;1-5-15(2,3)14(19)21-10-12(17)20-11-13(18)22-16(4)8-6-7-9-16/h5-13H2,1-4H3;5-11H2,1-4H3. The van der Waals surface area contributed by atoms with E-state index in [1.807, 2.05) is 27.7 Å². The van der Waals surface area contributed by atoms with Gasteiger partial charge in [-0.2, -0.15) is 0 Å². The Kier molecular flexibility index (Phi) is 16.7. The first-order valence-corrected chi connectivity index (χ1v) is 16.5. The lowest BCUT2D eigenvalue weighted by Gasteiger charge is -2.35. The molecule has 0 aromatic heterocycles. The highest BCUT2D eigenvalue weighted by atomic mass is 16.6. The van der Waals surface area contributed by atoms with Crippen LogP contribution in [0.2, 0.25) is 0 Å². The average Bonchev–Trinajstić information content (AvgIpc) is 3.46. The zero-order valence-corrected chi connectivity index (χ0v) is 29.2. The topological polar surface area (TPSA) is 158 Å². The molecule has 0 atom stereocenters. The minimum Gasteiger partial charge on any atom is -0.457 e. The van der Waals surface area contributed by atoms with E-state index < -0.39 is 84.3 Å². The van der Waals surface area contributed by atoms with Gasteiger partial charge in [0.1, 0.15) is 11.2 Å². The quantitative estimate of drug-likeness (QED) is 0.160. The second kappa shape index (κ2) is 18.8. The fourth-order valence-corrected chi connectivity index (χ4v) is 4.81. The summed E-state index contributed by atoms with van der Waals surface area (Å²) in [5.41, 5.74) is -2.15. The van der Waals surface area contributed by atoms with Crippen LogP contribution in [0.3, 0.4) is 0 Å². The molecular formula is C34H56O12. The number of ether oxygens (including phenoxy) is 6. The molecule has 2 aliphatic rings. The molecule has 0 aromatic carbocycles. The average molecular weight is 657 g/mol. The van der Waals surface area contributed by atoms with Gasteiger partial charge in [0.05, 0.1) is 10.8 Å². The van der Waals surface area contributed by atoms with Crippen molar-refractivity contribution in [1.82, 2.24) is 0 Å². The molecule has 0 aromatic rings. The highest BCUT2D eigenvalue weighted by Crippen LogP contribution is 2.34. The highest BCUT2D eigenvalue weighted by Gasteiger charge is 2.35. The highest BCUT2D eigenvalue weighted by molar-refractivity contribution is 5.82. The van der Waals surface area contributed by atoms with Gasteiger partial charge in [-0.1, -0.05) is 27.2 Å². The summed E-state index contributed by atoms with van der Waals surface area (Å²) in [6.07, 6.45) is 10.7. The number of hydrogen-bond acceptors (Lipinski definition) is 12. The van der Waals surface area contributed by atoms with Crippen molar-refractivity contribution in [2.24, 2.45) is 10.8 Å². The number of carbonyl (C=O) groups is 6. The van der Waals surface area contributed by atoms with E-state index in [4.69, 9.17) is 28.4 Å². The van der Waals surface area contributed by atoms with Crippen molar-refractivity contribution in [3.8, 4) is 0 Å². The molecule has 0 heterocycles. The van der Waals surface area contributed by atoms with Gasteiger partial charge in [0, 0.05) is 0 Å². The number of carbonyl (C=O) groups excluding carboxylic acids is 6. The van der Waals surface area contributed by atoms with Crippen molar-refractivity contribution >= 4 is 35.8 Å². The van der Waals surface area contributed by atoms with E-state index in [1.165, 1.54) is 0 Å². The molecule has 46 heavy (non-hydrogen) atoms. The molecule has 0 aliphatic heterocycles. The Bertz CT molecular complexity index is 1030. The maximum atomic E-state index is 11.9. The third kappa shape index (κ3) is 14.5. The van der Waals surface area contributed by atoms with Gasteiger partial charge in [0.25, 0.3) is 0 Å². The molecule has 0 saturated heterocycles. The summed E-state index contributed by atoms with van der Waals surface area (Å²) in [5.74, 6) is -3.55. The molecule has 0 N–H and O–H groups in total. The summed E-state index contributed by atoms with van der Waals surface area (Å²) in [6, 6.07) is 0. The monoisotopic (exact) mass is 656 g/mol. The van der Waals surface area contributed by atoms with Gasteiger partial charge < -0.3 is 28.4 Å². The fourth-order valence-electron chi connectivity index (χ4n) is 4.81. The molecule has 2 aliphatic carbocycles. The molecule has 12 nitrogen and oxygen atoms in total. The van der Waals surface area contributed by atoms with Gasteiger partial charge in [-0.15, -0.1) is 0 Å². The Morgan fingerprint density at radius 3 is 1.28 bits per heavy atom. The molecule has 2 rings (SSSR count). The predicted molar refractivity (Wildman–Crippen MR) is 167 cm³/mol. The second-order valence-electron chi connectivity index (χ2n) is 13.7. The first kappa shape index (κ1) is 40.8. The van der Waals surface area contributed by atoms with Crippen LogP contribution in [0, 0.1) is 10.8 Å². The first-order chi connectivity index (χ1) is 21.4. The van der Waals surface area contributed by atoms with E-state index in [2.05, 4.69) is 0 Å². The van der Waals surface area contributed by atoms with Crippen molar-refractivity contribution in [2.45, 2.75) is 144 Å². The summed E-state index contributed by atoms with van der Waals surface area (Å²) in [5, 5.41) is 0. The van der Waals surface area contributed by atoms with Gasteiger partial charge >= 0.3 is 35.8 Å². The van der Waals surface area contributed by atoms with E-state index in [-0.39, 0.29) is 0 Å². The summed E-state index contributed by atoms with van der Waals surface area (Å²) in [6.45, 7) is 12.7. The van der Waals surface area contributed by atoms with E-state index >= 15 is 0 Å². The molecule has 12 heteroatoms. The summed E-state index contributed by atoms with van der Waals surface area (Å²) >= 11 is 0. The van der Waals surface area contributed by atoms with Crippen molar-refractivity contribution in [3.05, 3.63) is 0 Å². The molecule has 2 fully saturated rings. The molecular weight excluding hydrogens is 600 g/mol. The molecule has 2 saturated carbocycles. The molecule has 0 amide bonds. The Labute approximate surface area is 273 Å². The fraction of sp³-hybridized carbons (Fsp3) is 0.824. The van der Waals surface area contributed by atoms with Crippen LogP contribution in [0.1, 0.15) is 132 Å². The van der Waals surface area contributed by atoms with E-state index in [0.717, 1.165) is 64.2 Å². The van der Waals surface area contributed by atoms with Crippen LogP contribution in [0.15, 0.2) is 0 Å². The Hall–Kier alpha value is -3.18. The van der Waals surface area contributed by atoms with Gasteiger partial charge in [0.15, 0.2) is 26.4 Å². The second-order valence-corrected chi connectivity index (χ2v) is 13.7. The minimum absolute atomic E-state index is 0.417. The van der Waals surface area contributed by atoms with E-state index in [9.17, 15) is 28.8 Å². The van der Waals surface area contributed by atoms with Crippen molar-refractivity contribution in [1.29, 1.82) is 0 Å². The zero-order chi connectivity index (χ0) is 35.0. The van der Waals surface area contributed by atoms with Crippen LogP contribution in [0.5, 0.6) is 0 Å². The number of rotatable bonds is 15. The van der Waals surface area contributed by atoms with Crippen LogP contribution in [-0.2, 0) is 57.2 Å². The number of esters is 6. The Morgan fingerprint density at radius 2 is 0.891 bits per heavy atom. The van der Waals surface area contributed by atoms with Crippen LogP contribution in [-0.4, -0.2) is 73.4 Å². The van der Waals surface area contributed by atoms with Gasteiger partial charge in [0.2, 0.25) is 0 Å². The smallest absolute Gasteiger partial charge is 0.344 e. The Balaban J connectivity index is 0.000000462. The van der Waals surface area contributed by atoms with Crippen LogP contribution >= 0.6 is 0 Å². The molecule has 0 unspecified atom stereocenters. The lowest BCUT2D eigenvalue weighted by atomic mass is 9.83. The first-order valence-electron chi connectivity index (χ1n) is 16.5. The lowest BCUT2D eigenvalue weighted by molar-refractivity contribution is -0.176. The SMILES string of the molecule is CCC(C)(C)C(=O)OCC(=O)OCC(=O)OC1(C)CCCC1.CCC1(OC(=O)COC(=O)COC(=O)C(C)(C)CC)CCCCC1. The summed E-state index contributed by atoms with van der Waals surface area (Å²) in [4.78, 5) is 70.1. The molecule has 264 valence electrons. The normalized spacial score (nSPS) is 17.0. The van der Waals surface area contributed by atoms with E-state index in [1.54, 1.807) is 27.7 Å². The maximum absolute atomic E-state index is 11.9. The Morgan fingerprint density at radius 1 is 0.522 bits per heavy atom. The minimum atomic E-state index is -0.756. The van der Waals surface area contributed by atoms with Gasteiger partial charge in [-0.05, 0) is 105 Å². The predicted octanol–water partition coefficient (Wildman–Crippen LogP) is 5.55. The van der Waals surface area contributed by atoms with E-state index in [0.29, 0.717) is 12.8 Å². The molecule has 0 radical (unpaired) electrons. The van der Waals surface area contributed by atoms with Crippen molar-refractivity contribution < 1.29 is 57.2 Å². The summed E-state index contributed by atoms with van der Waals surface area (Å²) in [7, 11) is 0. The largest absolute Gasteiger partial charge is 0.457 e. The lowest BCUT2D eigenvalue weighted by Crippen LogP contribution is -2.38. The number of hydrogen-bond donors (Lipinski definition) is 0. The van der Waals surface area contributed by atoms with Crippen LogP contribution in [0.4, 0.5) is 0 Å². The maximum Gasteiger partial charge on any atom is 0.344 e. The van der Waals surface area contributed by atoms with Gasteiger partial charge in [-0.25, -0.2) is 19.2 Å². The van der Waals surface area contributed by atoms with Crippen molar-refractivity contribution in [3.63, 3.8) is 0 Å². The molecule has 0 bridgehead atoms. The van der Waals surface area contributed by atoms with Gasteiger partial charge in [-0.3, -0.25) is 9.59 Å².